The minimum absolute atomic E-state index is 0. The Bertz CT molecular complexity index is 1190. The van der Waals surface area contributed by atoms with Crippen molar-refractivity contribution < 1.29 is 19.5 Å². The Labute approximate surface area is 217 Å². The molecule has 3 aromatic carbocycles. The summed E-state index contributed by atoms with van der Waals surface area (Å²) >= 11 is 0. The van der Waals surface area contributed by atoms with E-state index < -0.39 is 35.4 Å². The van der Waals surface area contributed by atoms with E-state index in [2.05, 4.69) is 16.0 Å². The first-order chi connectivity index (χ1) is 16.7. The van der Waals surface area contributed by atoms with Crippen LogP contribution in [0.4, 0.5) is 0 Å². The van der Waals surface area contributed by atoms with E-state index in [-0.39, 0.29) is 31.9 Å². The molecule has 3 aromatic rings. The van der Waals surface area contributed by atoms with Crippen LogP contribution in [0.2, 0.25) is 0 Å². The highest BCUT2D eigenvalue weighted by molar-refractivity contribution is 6.00. The first-order valence-electron chi connectivity index (χ1n) is 11.5. The fraction of sp³-hybridized carbons (Fsp3) is 0.296. The van der Waals surface area contributed by atoms with Gasteiger partial charge in [0.1, 0.15) is 11.6 Å². The van der Waals surface area contributed by atoms with Gasteiger partial charge in [0, 0.05) is 25.1 Å². The van der Waals surface area contributed by atoms with Gasteiger partial charge in [-0.25, -0.2) is 0 Å². The molecule has 6 N–H and O–H groups in total. The number of hydrogen-bond donors (Lipinski definition) is 5. The zero-order valence-electron chi connectivity index (χ0n) is 20.4. The topological polar surface area (TPSA) is 134 Å². The fourth-order valence-electron chi connectivity index (χ4n) is 3.58. The summed E-state index contributed by atoms with van der Waals surface area (Å²) in [6.07, 6.45) is -0.665. The van der Waals surface area contributed by atoms with Crippen LogP contribution in [-0.4, -0.2) is 53.6 Å². The molecule has 0 saturated heterocycles. The summed E-state index contributed by atoms with van der Waals surface area (Å²) in [7, 11) is 0. The Morgan fingerprint density at radius 3 is 2.25 bits per heavy atom. The summed E-state index contributed by atoms with van der Waals surface area (Å²) in [5, 5.41) is 20.0. The van der Waals surface area contributed by atoms with E-state index >= 15 is 0 Å². The second-order valence-corrected chi connectivity index (χ2v) is 8.99. The third-order valence-corrected chi connectivity index (χ3v) is 5.69. The summed E-state index contributed by atoms with van der Waals surface area (Å²) in [4.78, 5) is 38.7. The van der Waals surface area contributed by atoms with Gasteiger partial charge in [0.05, 0.1) is 6.10 Å². The molecular formula is C27H33ClN4O4. The molecule has 1 unspecified atom stereocenters. The molecule has 0 aliphatic rings. The number of aliphatic hydroxyl groups is 1. The van der Waals surface area contributed by atoms with Gasteiger partial charge in [0.2, 0.25) is 11.8 Å². The van der Waals surface area contributed by atoms with Crippen molar-refractivity contribution in [2.75, 3.05) is 13.1 Å². The number of rotatable bonds is 10. The maximum atomic E-state index is 13.2. The molecule has 2 atom stereocenters. The molecule has 0 aromatic heterocycles. The van der Waals surface area contributed by atoms with Crippen molar-refractivity contribution in [1.82, 2.24) is 16.0 Å². The predicted octanol–water partition coefficient (Wildman–Crippen LogP) is 1.93. The number of nitrogens with one attached hydrogen (secondary N) is 3. The van der Waals surface area contributed by atoms with E-state index in [9.17, 15) is 19.5 Å². The maximum Gasteiger partial charge on any atom is 0.252 e. The van der Waals surface area contributed by atoms with Crippen LogP contribution in [-0.2, 0) is 16.0 Å². The number of aliphatic hydroxyl groups excluding tert-OH is 1. The Morgan fingerprint density at radius 2 is 1.58 bits per heavy atom. The van der Waals surface area contributed by atoms with E-state index in [1.54, 1.807) is 44.2 Å². The third-order valence-electron chi connectivity index (χ3n) is 5.69. The summed E-state index contributed by atoms with van der Waals surface area (Å²) < 4.78 is 0. The molecule has 0 bridgehead atoms. The molecule has 36 heavy (non-hydrogen) atoms. The average molecular weight is 513 g/mol. The molecule has 192 valence electrons. The Hall–Kier alpha value is -3.46. The highest BCUT2D eigenvalue weighted by Crippen LogP contribution is 2.17. The standard InChI is InChI=1S/C27H32N4O4.ClH/c1-27(2,31-24(33)20-9-4-3-5-10-20)26(35)30-23(25(34)29-17-22(32)16-28)15-18-12-13-19-8-6-7-11-21(19)14-18;/h3-14,22-23,32H,15-17,28H2,1-2H3,(H,29,34)(H,30,35)(H,31,33);1H/t22?,23-;/m1./s1. The smallest absolute Gasteiger partial charge is 0.252 e. The quantitative estimate of drug-likeness (QED) is 0.283. The number of hydrogen-bond acceptors (Lipinski definition) is 5. The van der Waals surface area contributed by atoms with Gasteiger partial charge >= 0.3 is 0 Å². The van der Waals surface area contributed by atoms with Crippen molar-refractivity contribution in [3.8, 4) is 0 Å². The van der Waals surface area contributed by atoms with Crippen molar-refractivity contribution >= 4 is 40.9 Å². The molecule has 0 heterocycles. The zero-order chi connectivity index (χ0) is 25.4. The maximum absolute atomic E-state index is 13.2. The lowest BCUT2D eigenvalue weighted by atomic mass is 9.98. The van der Waals surface area contributed by atoms with Gasteiger partial charge in [0.25, 0.3) is 5.91 Å². The number of fused-ring (bicyclic) bond motifs is 1. The van der Waals surface area contributed by atoms with Gasteiger partial charge in [-0.05, 0) is 42.3 Å². The van der Waals surface area contributed by atoms with Gasteiger partial charge in [-0.1, -0.05) is 60.7 Å². The summed E-state index contributed by atoms with van der Waals surface area (Å²) in [5.41, 5.74) is 5.43. The van der Waals surface area contributed by atoms with Crippen LogP contribution in [0.25, 0.3) is 10.8 Å². The summed E-state index contributed by atoms with van der Waals surface area (Å²) in [6, 6.07) is 21.4. The molecule has 0 fully saturated rings. The third kappa shape index (κ3) is 7.78. The lowest BCUT2D eigenvalue weighted by Crippen LogP contribution is -2.59. The highest BCUT2D eigenvalue weighted by atomic mass is 35.5. The zero-order valence-corrected chi connectivity index (χ0v) is 21.2. The normalized spacial score (nSPS) is 12.7. The van der Waals surface area contributed by atoms with Crippen molar-refractivity contribution in [1.29, 1.82) is 0 Å². The van der Waals surface area contributed by atoms with Crippen LogP contribution in [0.1, 0.15) is 29.8 Å². The minimum Gasteiger partial charge on any atom is -0.390 e. The molecule has 3 amide bonds. The summed E-state index contributed by atoms with van der Waals surface area (Å²) in [6.45, 7) is 3.12. The molecule has 8 nitrogen and oxygen atoms in total. The summed E-state index contributed by atoms with van der Waals surface area (Å²) in [5.74, 6) is -1.36. The molecule has 0 aliphatic carbocycles. The SMILES string of the molecule is CC(C)(NC(=O)c1ccccc1)C(=O)N[C@H](Cc1ccc2ccccc2c1)C(=O)NCC(O)CN.Cl. The number of amides is 3. The molecular weight excluding hydrogens is 480 g/mol. The van der Waals surface area contributed by atoms with Crippen molar-refractivity contribution in [2.45, 2.75) is 38.0 Å². The van der Waals surface area contributed by atoms with Gasteiger partial charge in [0.15, 0.2) is 0 Å². The Morgan fingerprint density at radius 1 is 0.944 bits per heavy atom. The van der Waals surface area contributed by atoms with Gasteiger partial charge in [-0.2, -0.15) is 0 Å². The van der Waals surface area contributed by atoms with Gasteiger partial charge in [-0.15, -0.1) is 12.4 Å². The van der Waals surface area contributed by atoms with Gasteiger partial charge in [-0.3, -0.25) is 14.4 Å². The predicted molar refractivity (Wildman–Crippen MR) is 143 cm³/mol. The Balaban J connectivity index is 0.00000456. The number of halogens is 1. The van der Waals surface area contributed by atoms with Crippen LogP contribution < -0.4 is 21.7 Å². The Kier molecular flexibility index (Phi) is 10.4. The minimum atomic E-state index is -1.29. The molecule has 0 radical (unpaired) electrons. The first-order valence-corrected chi connectivity index (χ1v) is 11.5. The van der Waals surface area contributed by atoms with Crippen molar-refractivity contribution in [3.63, 3.8) is 0 Å². The molecule has 3 rings (SSSR count). The largest absolute Gasteiger partial charge is 0.390 e. The second kappa shape index (κ2) is 13.0. The monoisotopic (exact) mass is 512 g/mol. The lowest BCUT2D eigenvalue weighted by molar-refractivity contribution is -0.132. The molecule has 0 aliphatic heterocycles. The van der Waals surface area contributed by atoms with Crippen LogP contribution >= 0.6 is 12.4 Å². The van der Waals surface area contributed by atoms with Crippen LogP contribution in [0.15, 0.2) is 72.8 Å². The van der Waals surface area contributed by atoms with Crippen LogP contribution in [0, 0.1) is 0 Å². The molecule has 0 spiro atoms. The van der Waals surface area contributed by atoms with Crippen LogP contribution in [0.5, 0.6) is 0 Å². The van der Waals surface area contributed by atoms with E-state index in [1.165, 1.54) is 0 Å². The number of nitrogens with two attached hydrogens (primary N) is 1. The van der Waals surface area contributed by atoms with E-state index in [0.29, 0.717) is 5.56 Å². The van der Waals surface area contributed by atoms with E-state index in [1.807, 2.05) is 42.5 Å². The van der Waals surface area contributed by atoms with Crippen LogP contribution in [0.3, 0.4) is 0 Å². The number of carbonyl (C=O) groups is 3. The number of benzene rings is 3. The van der Waals surface area contributed by atoms with Crippen molar-refractivity contribution in [2.24, 2.45) is 5.73 Å². The second-order valence-electron chi connectivity index (χ2n) is 8.99. The lowest BCUT2D eigenvalue weighted by Gasteiger charge is -2.28. The molecule has 0 saturated carbocycles. The highest BCUT2D eigenvalue weighted by Gasteiger charge is 2.33. The average Bonchev–Trinajstić information content (AvgIpc) is 2.86. The van der Waals surface area contributed by atoms with E-state index in [4.69, 9.17) is 5.73 Å². The van der Waals surface area contributed by atoms with E-state index in [0.717, 1.165) is 16.3 Å². The molecule has 9 heteroatoms. The fourth-order valence-corrected chi connectivity index (χ4v) is 3.58. The van der Waals surface area contributed by atoms with Gasteiger partial charge < -0.3 is 26.8 Å². The van der Waals surface area contributed by atoms with Crippen molar-refractivity contribution in [3.05, 3.63) is 83.9 Å². The first kappa shape index (κ1) is 28.8. The number of carbonyl (C=O) groups excluding carboxylic acids is 3.